The van der Waals surface area contributed by atoms with E-state index in [4.69, 9.17) is 0 Å². The molecule has 1 N–H and O–H groups in total. The highest BCUT2D eigenvalue weighted by molar-refractivity contribution is 5.95. The van der Waals surface area contributed by atoms with Gasteiger partial charge in [0.2, 0.25) is 0 Å². The van der Waals surface area contributed by atoms with Gasteiger partial charge >= 0.3 is 6.61 Å². The second-order valence-corrected chi connectivity index (χ2v) is 8.05. The molecule has 0 aliphatic rings. The molecule has 1 atom stereocenters. The van der Waals surface area contributed by atoms with Crippen molar-refractivity contribution in [3.63, 3.8) is 0 Å². The fraction of sp³-hybridized carbons (Fsp3) is 0.318. The van der Waals surface area contributed by atoms with Crippen molar-refractivity contribution in [1.29, 1.82) is 0 Å². The Labute approximate surface area is 177 Å². The van der Waals surface area contributed by atoms with Crippen molar-refractivity contribution in [3.8, 4) is 17.4 Å². The number of aromatic nitrogens is 4. The quantitative estimate of drug-likeness (QED) is 0.566. The Morgan fingerprint density at radius 3 is 2.35 bits per heavy atom. The number of nitrogens with one attached hydrogen (secondary N) is 1. The molecule has 0 radical (unpaired) electrons. The Morgan fingerprint density at radius 2 is 1.77 bits per heavy atom. The number of aromatic amines is 1. The number of Topliss-reactive ketones (excluding diaryl/α,β-unsaturated/α-hetero) is 1. The number of ether oxygens (including phenoxy) is 1. The molecule has 0 saturated carbocycles. The molecule has 7 nitrogen and oxygen atoms in total. The van der Waals surface area contributed by atoms with Crippen LogP contribution < -0.4 is 10.3 Å². The molecule has 0 amide bonds. The standard InChI is InChI=1S/C22H22F2N4O3/c1-22(2,3)15(13-5-7-14(8-6-13)31-21(23)24)11-17(29)16-12-18(30)28-20(27-16)19-25-9-4-10-26-19/h4-10,12,15,21H,11H2,1-3H3,(H,27,28,30)/t15-/m0/s1. The van der Waals surface area contributed by atoms with E-state index in [0.29, 0.717) is 0 Å². The van der Waals surface area contributed by atoms with Crippen LogP contribution >= 0.6 is 0 Å². The third-order valence-corrected chi connectivity index (χ3v) is 4.75. The summed E-state index contributed by atoms with van der Waals surface area (Å²) in [5.74, 6) is -0.218. The van der Waals surface area contributed by atoms with Gasteiger partial charge in [-0.15, -0.1) is 0 Å². The molecule has 0 unspecified atom stereocenters. The summed E-state index contributed by atoms with van der Waals surface area (Å²) >= 11 is 0. The van der Waals surface area contributed by atoms with Crippen LogP contribution in [0.1, 0.15) is 49.2 Å². The van der Waals surface area contributed by atoms with Crippen LogP contribution in [0.2, 0.25) is 0 Å². The normalized spacial score (nSPS) is 12.6. The Kier molecular flexibility index (Phi) is 6.53. The molecule has 1 aromatic carbocycles. The Bertz CT molecular complexity index is 1090. The van der Waals surface area contributed by atoms with Crippen molar-refractivity contribution in [2.24, 2.45) is 5.41 Å². The van der Waals surface area contributed by atoms with Crippen LogP contribution in [-0.2, 0) is 0 Å². The van der Waals surface area contributed by atoms with Crippen molar-refractivity contribution >= 4 is 5.78 Å². The number of rotatable bonds is 7. The molecule has 2 aromatic heterocycles. The number of H-pyrrole nitrogens is 1. The maximum atomic E-state index is 13.0. The van der Waals surface area contributed by atoms with Crippen LogP contribution in [0.25, 0.3) is 11.6 Å². The number of nitrogens with zero attached hydrogens (tertiary/aromatic N) is 3. The first-order chi connectivity index (χ1) is 14.6. The zero-order chi connectivity index (χ0) is 22.6. The van der Waals surface area contributed by atoms with Gasteiger partial charge < -0.3 is 9.72 Å². The van der Waals surface area contributed by atoms with Gasteiger partial charge in [0.1, 0.15) is 11.4 Å². The summed E-state index contributed by atoms with van der Waals surface area (Å²) in [7, 11) is 0. The molecular weight excluding hydrogens is 406 g/mol. The smallest absolute Gasteiger partial charge is 0.387 e. The van der Waals surface area contributed by atoms with Crippen molar-refractivity contribution < 1.29 is 18.3 Å². The van der Waals surface area contributed by atoms with E-state index in [1.807, 2.05) is 20.8 Å². The molecule has 0 aliphatic heterocycles. The Balaban J connectivity index is 1.88. The fourth-order valence-corrected chi connectivity index (χ4v) is 3.22. The zero-order valence-electron chi connectivity index (χ0n) is 17.3. The summed E-state index contributed by atoms with van der Waals surface area (Å²) in [5.41, 5.74) is -0.00788. The third kappa shape index (κ3) is 5.78. The van der Waals surface area contributed by atoms with Crippen molar-refractivity contribution in [2.45, 2.75) is 39.7 Å². The van der Waals surface area contributed by atoms with Gasteiger partial charge in [-0.3, -0.25) is 9.59 Å². The lowest BCUT2D eigenvalue weighted by Crippen LogP contribution is -2.23. The monoisotopic (exact) mass is 428 g/mol. The van der Waals surface area contributed by atoms with Crippen LogP contribution in [0.4, 0.5) is 8.78 Å². The first-order valence-electron chi connectivity index (χ1n) is 9.60. The highest BCUT2D eigenvalue weighted by Gasteiger charge is 2.29. The third-order valence-electron chi connectivity index (χ3n) is 4.75. The molecule has 162 valence electrons. The molecule has 9 heteroatoms. The van der Waals surface area contributed by atoms with E-state index < -0.39 is 12.2 Å². The highest BCUT2D eigenvalue weighted by atomic mass is 19.3. The summed E-state index contributed by atoms with van der Waals surface area (Å²) in [6.45, 7) is 3.02. The number of hydrogen-bond acceptors (Lipinski definition) is 6. The SMILES string of the molecule is CC(C)(C)[C@@H](CC(=O)c1cc(=O)[nH]c(-c2ncccn2)n1)c1ccc(OC(F)F)cc1. The van der Waals surface area contributed by atoms with E-state index in [-0.39, 0.29) is 46.6 Å². The second kappa shape index (κ2) is 9.11. The van der Waals surface area contributed by atoms with Crippen molar-refractivity contribution in [3.05, 3.63) is 70.4 Å². The van der Waals surface area contributed by atoms with Gasteiger partial charge in [-0.05, 0) is 35.1 Å². The molecule has 3 rings (SSSR count). The molecular formula is C22H22F2N4O3. The van der Waals surface area contributed by atoms with Gasteiger partial charge in [0.25, 0.3) is 5.56 Å². The van der Waals surface area contributed by atoms with Gasteiger partial charge in [-0.1, -0.05) is 32.9 Å². The lowest BCUT2D eigenvalue weighted by Gasteiger charge is -2.31. The zero-order valence-corrected chi connectivity index (χ0v) is 17.3. The predicted molar refractivity (Wildman–Crippen MR) is 110 cm³/mol. The van der Waals surface area contributed by atoms with Crippen LogP contribution in [0.5, 0.6) is 5.75 Å². The first-order valence-corrected chi connectivity index (χ1v) is 9.60. The van der Waals surface area contributed by atoms with Crippen molar-refractivity contribution in [1.82, 2.24) is 19.9 Å². The number of benzene rings is 1. The van der Waals surface area contributed by atoms with E-state index in [0.717, 1.165) is 11.6 Å². The maximum Gasteiger partial charge on any atom is 0.387 e. The van der Waals surface area contributed by atoms with Gasteiger partial charge in [0.15, 0.2) is 17.4 Å². The molecule has 3 aromatic rings. The van der Waals surface area contributed by atoms with E-state index in [9.17, 15) is 18.4 Å². The number of ketones is 1. The fourth-order valence-electron chi connectivity index (χ4n) is 3.22. The number of carbonyl (C=O) groups excluding carboxylic acids is 1. The largest absolute Gasteiger partial charge is 0.435 e. The van der Waals surface area contributed by atoms with Gasteiger partial charge in [0, 0.05) is 24.9 Å². The average Bonchev–Trinajstić information content (AvgIpc) is 2.71. The lowest BCUT2D eigenvalue weighted by atomic mass is 9.73. The molecule has 31 heavy (non-hydrogen) atoms. The molecule has 2 heterocycles. The highest BCUT2D eigenvalue weighted by Crippen LogP contribution is 2.39. The topological polar surface area (TPSA) is 97.8 Å². The second-order valence-electron chi connectivity index (χ2n) is 8.05. The van der Waals surface area contributed by atoms with Crippen LogP contribution in [-0.4, -0.2) is 32.3 Å². The summed E-state index contributed by atoms with van der Waals surface area (Å²) in [5, 5.41) is 0. The van der Waals surface area contributed by atoms with Gasteiger partial charge in [0.05, 0.1) is 0 Å². The minimum Gasteiger partial charge on any atom is -0.435 e. The summed E-state index contributed by atoms with van der Waals surface area (Å²) in [6, 6.07) is 8.99. The van der Waals surface area contributed by atoms with E-state index in [1.165, 1.54) is 24.5 Å². The molecule has 0 spiro atoms. The summed E-state index contributed by atoms with van der Waals surface area (Å²) in [6.07, 6.45) is 3.09. The van der Waals surface area contributed by atoms with Gasteiger partial charge in [-0.25, -0.2) is 15.0 Å². The summed E-state index contributed by atoms with van der Waals surface area (Å²) < 4.78 is 29.2. The predicted octanol–water partition coefficient (Wildman–Crippen LogP) is 4.23. The minimum absolute atomic E-state index is 0.0121. The Morgan fingerprint density at radius 1 is 1.13 bits per heavy atom. The average molecular weight is 428 g/mol. The molecule has 0 fully saturated rings. The minimum atomic E-state index is -2.91. The van der Waals surface area contributed by atoms with Crippen LogP contribution in [0, 0.1) is 5.41 Å². The molecule has 0 saturated heterocycles. The summed E-state index contributed by atoms with van der Waals surface area (Å²) in [4.78, 5) is 40.0. The van der Waals surface area contributed by atoms with Crippen LogP contribution in [0.3, 0.4) is 0 Å². The van der Waals surface area contributed by atoms with E-state index in [1.54, 1.807) is 18.2 Å². The number of alkyl halides is 2. The molecule has 0 aliphatic carbocycles. The number of halogens is 2. The molecule has 0 bridgehead atoms. The lowest BCUT2D eigenvalue weighted by molar-refractivity contribution is -0.0498. The van der Waals surface area contributed by atoms with E-state index in [2.05, 4.69) is 24.7 Å². The number of carbonyl (C=O) groups is 1. The first kappa shape index (κ1) is 22.2. The van der Waals surface area contributed by atoms with Crippen molar-refractivity contribution in [2.75, 3.05) is 0 Å². The Hall–Kier alpha value is -3.49. The van der Waals surface area contributed by atoms with Crippen LogP contribution in [0.15, 0.2) is 53.6 Å². The van der Waals surface area contributed by atoms with Gasteiger partial charge in [-0.2, -0.15) is 8.78 Å². The van der Waals surface area contributed by atoms with E-state index >= 15 is 0 Å². The number of hydrogen-bond donors (Lipinski definition) is 1. The maximum absolute atomic E-state index is 13.0.